The molecule has 112 valence electrons. The van der Waals surface area contributed by atoms with Crippen LogP contribution in [0.25, 0.3) is 0 Å². The molecule has 0 spiro atoms. The van der Waals surface area contributed by atoms with Crippen LogP contribution in [0.2, 0.25) is 0 Å². The van der Waals surface area contributed by atoms with Crippen LogP contribution in [0, 0.1) is 0 Å². The van der Waals surface area contributed by atoms with E-state index in [-0.39, 0.29) is 6.54 Å². The minimum Gasteiger partial charge on any atom is -0.480 e. The summed E-state index contributed by atoms with van der Waals surface area (Å²) < 4.78 is 37.2. The number of nitrogens with one attached hydrogen (secondary N) is 1. The fraction of sp³-hybridized carbons (Fsp3) is 0.500. The Bertz CT molecular complexity index is 456. The number of carbonyl (C=O) groups is 1. The Labute approximate surface area is 115 Å². The first-order valence-electron chi connectivity index (χ1n) is 6.33. The molecule has 1 aromatic carbocycles. The van der Waals surface area contributed by atoms with Crippen LogP contribution in [-0.4, -0.2) is 16.6 Å². The minimum atomic E-state index is -4.36. The van der Waals surface area contributed by atoms with E-state index in [1.54, 1.807) is 6.92 Å². The normalized spacial score (nSPS) is 14.8. The van der Waals surface area contributed by atoms with Crippen molar-refractivity contribution in [3.63, 3.8) is 0 Å². The van der Waals surface area contributed by atoms with Crippen LogP contribution in [0.1, 0.15) is 37.8 Å². The summed E-state index contributed by atoms with van der Waals surface area (Å²) in [6.45, 7) is 3.66. The lowest BCUT2D eigenvalue weighted by Crippen LogP contribution is -2.48. The molecule has 0 saturated heterocycles. The third-order valence-corrected chi connectivity index (χ3v) is 3.19. The molecular formula is C14H18F3NO2. The van der Waals surface area contributed by atoms with Crippen molar-refractivity contribution in [3.8, 4) is 0 Å². The fourth-order valence-electron chi connectivity index (χ4n) is 1.88. The van der Waals surface area contributed by atoms with Gasteiger partial charge in [0.2, 0.25) is 0 Å². The van der Waals surface area contributed by atoms with Gasteiger partial charge in [-0.15, -0.1) is 0 Å². The van der Waals surface area contributed by atoms with Crippen molar-refractivity contribution < 1.29 is 23.1 Å². The molecule has 0 aliphatic rings. The molecule has 0 aromatic heterocycles. The molecule has 1 aromatic rings. The van der Waals surface area contributed by atoms with Gasteiger partial charge in [0.1, 0.15) is 5.54 Å². The van der Waals surface area contributed by atoms with E-state index in [4.69, 9.17) is 0 Å². The van der Waals surface area contributed by atoms with Gasteiger partial charge in [-0.05, 0) is 31.0 Å². The largest absolute Gasteiger partial charge is 0.480 e. The Morgan fingerprint density at radius 2 is 1.80 bits per heavy atom. The maximum atomic E-state index is 12.4. The van der Waals surface area contributed by atoms with Crippen molar-refractivity contribution in [3.05, 3.63) is 35.4 Å². The van der Waals surface area contributed by atoms with Crippen LogP contribution < -0.4 is 5.32 Å². The quantitative estimate of drug-likeness (QED) is 0.843. The van der Waals surface area contributed by atoms with Gasteiger partial charge in [-0.2, -0.15) is 13.2 Å². The number of carboxylic acid groups (broad SMARTS) is 1. The first kappa shape index (κ1) is 16.5. The highest BCUT2D eigenvalue weighted by atomic mass is 19.4. The van der Waals surface area contributed by atoms with Gasteiger partial charge in [0.05, 0.1) is 5.56 Å². The topological polar surface area (TPSA) is 49.3 Å². The Kier molecular flexibility index (Phi) is 5.16. The second kappa shape index (κ2) is 6.26. The number of hydrogen-bond acceptors (Lipinski definition) is 2. The average Bonchev–Trinajstić information content (AvgIpc) is 2.36. The molecule has 0 fully saturated rings. The molecule has 1 atom stereocenters. The highest BCUT2D eigenvalue weighted by Crippen LogP contribution is 2.29. The van der Waals surface area contributed by atoms with Crippen molar-refractivity contribution in [2.24, 2.45) is 0 Å². The Balaban J connectivity index is 2.72. The van der Waals surface area contributed by atoms with Gasteiger partial charge in [-0.1, -0.05) is 25.5 Å². The zero-order chi connectivity index (χ0) is 15.4. The maximum absolute atomic E-state index is 12.4. The second-order valence-electron chi connectivity index (χ2n) is 4.94. The molecule has 6 heteroatoms. The van der Waals surface area contributed by atoms with Crippen LogP contribution in [0.15, 0.2) is 24.3 Å². The molecule has 0 bridgehead atoms. The van der Waals surface area contributed by atoms with E-state index >= 15 is 0 Å². The molecule has 1 rings (SSSR count). The standard InChI is InChI=1S/C14H18F3NO2/c1-3-8-13(2,12(19)20)18-9-10-4-6-11(7-5-10)14(15,16)17/h4-7,18H,3,8-9H2,1-2H3,(H,19,20). The van der Waals surface area contributed by atoms with Crippen LogP contribution in [-0.2, 0) is 17.5 Å². The third kappa shape index (κ3) is 4.23. The molecule has 0 aliphatic heterocycles. The van der Waals surface area contributed by atoms with E-state index in [0.29, 0.717) is 18.4 Å². The molecule has 0 amide bonds. The SMILES string of the molecule is CCCC(C)(NCc1ccc(C(F)(F)F)cc1)C(=O)O. The van der Waals surface area contributed by atoms with Crippen LogP contribution in [0.5, 0.6) is 0 Å². The predicted octanol–water partition coefficient (Wildman–Crippen LogP) is 3.44. The number of aliphatic carboxylic acids is 1. The highest BCUT2D eigenvalue weighted by molar-refractivity contribution is 5.78. The summed E-state index contributed by atoms with van der Waals surface area (Å²) in [4.78, 5) is 11.2. The van der Waals surface area contributed by atoms with Gasteiger partial charge in [0.25, 0.3) is 0 Å². The van der Waals surface area contributed by atoms with Gasteiger partial charge in [0.15, 0.2) is 0 Å². The molecular weight excluding hydrogens is 271 g/mol. The van der Waals surface area contributed by atoms with Crippen LogP contribution in [0.3, 0.4) is 0 Å². The Hall–Kier alpha value is -1.56. The summed E-state index contributed by atoms with van der Waals surface area (Å²) in [7, 11) is 0. The van der Waals surface area contributed by atoms with Crippen molar-refractivity contribution in [2.75, 3.05) is 0 Å². The zero-order valence-electron chi connectivity index (χ0n) is 11.4. The Morgan fingerprint density at radius 1 is 1.25 bits per heavy atom. The monoisotopic (exact) mass is 289 g/mol. The molecule has 20 heavy (non-hydrogen) atoms. The summed E-state index contributed by atoms with van der Waals surface area (Å²) >= 11 is 0. The van der Waals surface area contributed by atoms with E-state index in [0.717, 1.165) is 12.1 Å². The number of halogens is 3. The summed E-state index contributed by atoms with van der Waals surface area (Å²) in [6, 6.07) is 4.69. The first-order chi connectivity index (χ1) is 9.19. The molecule has 0 saturated carbocycles. The first-order valence-corrected chi connectivity index (χ1v) is 6.33. The highest BCUT2D eigenvalue weighted by Gasteiger charge is 2.32. The fourth-order valence-corrected chi connectivity index (χ4v) is 1.88. The van der Waals surface area contributed by atoms with Gasteiger partial charge in [-0.25, -0.2) is 0 Å². The third-order valence-electron chi connectivity index (χ3n) is 3.19. The van der Waals surface area contributed by atoms with Crippen molar-refractivity contribution in [1.29, 1.82) is 0 Å². The average molecular weight is 289 g/mol. The van der Waals surface area contributed by atoms with Gasteiger partial charge in [0, 0.05) is 6.54 Å². The number of benzene rings is 1. The lowest BCUT2D eigenvalue weighted by atomic mass is 9.96. The number of rotatable bonds is 6. The molecule has 0 heterocycles. The van der Waals surface area contributed by atoms with E-state index < -0.39 is 23.2 Å². The maximum Gasteiger partial charge on any atom is 0.416 e. The molecule has 1 unspecified atom stereocenters. The second-order valence-corrected chi connectivity index (χ2v) is 4.94. The predicted molar refractivity (Wildman–Crippen MR) is 69.2 cm³/mol. The van der Waals surface area contributed by atoms with E-state index in [1.807, 2.05) is 6.92 Å². The van der Waals surface area contributed by atoms with Gasteiger partial charge < -0.3 is 5.11 Å². The zero-order valence-corrected chi connectivity index (χ0v) is 11.4. The lowest BCUT2D eigenvalue weighted by molar-refractivity contribution is -0.144. The summed E-state index contributed by atoms with van der Waals surface area (Å²) in [5.74, 6) is -0.966. The molecule has 3 nitrogen and oxygen atoms in total. The number of hydrogen-bond donors (Lipinski definition) is 2. The van der Waals surface area contributed by atoms with E-state index in [9.17, 15) is 23.1 Å². The van der Waals surface area contributed by atoms with Gasteiger partial charge in [-0.3, -0.25) is 10.1 Å². The molecule has 0 radical (unpaired) electrons. The number of alkyl halides is 3. The Morgan fingerprint density at radius 3 is 2.20 bits per heavy atom. The van der Waals surface area contributed by atoms with Crippen LogP contribution in [0.4, 0.5) is 13.2 Å². The lowest BCUT2D eigenvalue weighted by Gasteiger charge is -2.26. The van der Waals surface area contributed by atoms with E-state index in [2.05, 4.69) is 5.32 Å². The summed E-state index contributed by atoms with van der Waals surface area (Å²) in [5, 5.41) is 12.1. The number of carboxylic acids is 1. The van der Waals surface area contributed by atoms with Crippen LogP contribution >= 0.6 is 0 Å². The summed E-state index contributed by atoms with van der Waals surface area (Å²) in [6.07, 6.45) is -3.21. The smallest absolute Gasteiger partial charge is 0.416 e. The van der Waals surface area contributed by atoms with Crippen molar-refractivity contribution in [1.82, 2.24) is 5.32 Å². The minimum absolute atomic E-state index is 0.209. The van der Waals surface area contributed by atoms with Crippen molar-refractivity contribution >= 4 is 5.97 Å². The summed E-state index contributed by atoms with van der Waals surface area (Å²) in [5.41, 5.74) is -1.17. The molecule has 2 N–H and O–H groups in total. The van der Waals surface area contributed by atoms with E-state index in [1.165, 1.54) is 12.1 Å². The molecule has 0 aliphatic carbocycles. The van der Waals surface area contributed by atoms with Crippen molar-refractivity contribution in [2.45, 2.75) is 44.9 Å². The van der Waals surface area contributed by atoms with Gasteiger partial charge >= 0.3 is 12.1 Å².